The van der Waals surface area contributed by atoms with Crippen LogP contribution in [0.15, 0.2) is 48.6 Å². The summed E-state index contributed by atoms with van der Waals surface area (Å²) in [4.78, 5) is 18.9. The van der Waals surface area contributed by atoms with E-state index in [1.807, 2.05) is 36.4 Å². The lowest BCUT2D eigenvalue weighted by Gasteiger charge is -2.29. The van der Waals surface area contributed by atoms with E-state index < -0.39 is 5.97 Å². The number of ether oxygens (including phenoxy) is 2. The summed E-state index contributed by atoms with van der Waals surface area (Å²) in [6.45, 7) is 6.20. The second-order valence-corrected chi connectivity index (χ2v) is 5.75. The Labute approximate surface area is 152 Å². The van der Waals surface area contributed by atoms with Gasteiger partial charge in [0.15, 0.2) is 0 Å². The van der Waals surface area contributed by atoms with Crippen molar-refractivity contribution in [2.75, 3.05) is 37.8 Å². The first-order valence-corrected chi connectivity index (χ1v) is 8.35. The van der Waals surface area contributed by atoms with Crippen LogP contribution in [0.5, 0.6) is 0 Å². The molecular formula is C20H19N3O3. The Balaban J connectivity index is 2.06. The number of pyridine rings is 1. The molecule has 0 unspecified atom stereocenters. The molecule has 1 fully saturated rings. The number of benzene rings is 1. The Morgan fingerprint density at radius 1 is 1.38 bits per heavy atom. The molecule has 1 aliphatic heterocycles. The minimum Gasteiger partial charge on any atom is -0.457 e. The number of morpholine rings is 1. The van der Waals surface area contributed by atoms with Crippen LogP contribution >= 0.6 is 0 Å². The Bertz CT molecular complexity index is 893. The lowest BCUT2D eigenvalue weighted by molar-refractivity contribution is -0.137. The van der Waals surface area contributed by atoms with Crippen molar-refractivity contribution in [2.45, 2.75) is 0 Å². The van der Waals surface area contributed by atoms with Crippen molar-refractivity contribution < 1.29 is 14.3 Å². The average Bonchev–Trinajstić information content (AvgIpc) is 2.70. The molecule has 132 valence electrons. The van der Waals surface area contributed by atoms with E-state index in [0.717, 1.165) is 16.7 Å². The third-order valence-corrected chi connectivity index (χ3v) is 4.02. The van der Waals surface area contributed by atoms with Crippen molar-refractivity contribution >= 4 is 28.8 Å². The maximum absolute atomic E-state index is 12.1. The summed E-state index contributed by atoms with van der Waals surface area (Å²) in [5.74, 6) is 0.0600. The van der Waals surface area contributed by atoms with Crippen molar-refractivity contribution in [3.05, 3.63) is 54.1 Å². The number of aromatic nitrogens is 1. The van der Waals surface area contributed by atoms with E-state index in [2.05, 4.69) is 11.5 Å². The molecule has 3 rings (SSSR count). The Hall–Kier alpha value is -3.17. The molecule has 0 aliphatic carbocycles. The molecule has 6 heteroatoms. The smallest absolute Gasteiger partial charge is 0.349 e. The fraction of sp³-hybridized carbons (Fsp3) is 0.250. The highest BCUT2D eigenvalue weighted by Gasteiger charge is 2.18. The molecular weight excluding hydrogens is 330 g/mol. The van der Waals surface area contributed by atoms with Gasteiger partial charge in [0.2, 0.25) is 0 Å². The first-order chi connectivity index (χ1) is 12.7. The predicted molar refractivity (Wildman–Crippen MR) is 99.5 cm³/mol. The zero-order chi connectivity index (χ0) is 18.4. The Morgan fingerprint density at radius 3 is 2.88 bits per heavy atom. The number of hydrogen-bond acceptors (Lipinski definition) is 6. The zero-order valence-electron chi connectivity index (χ0n) is 14.4. The van der Waals surface area contributed by atoms with Gasteiger partial charge in [0.1, 0.15) is 24.1 Å². The second kappa shape index (κ2) is 8.28. The second-order valence-electron chi connectivity index (χ2n) is 5.75. The molecule has 0 saturated carbocycles. The molecule has 0 N–H and O–H groups in total. The highest BCUT2D eigenvalue weighted by molar-refractivity contribution is 5.99. The van der Waals surface area contributed by atoms with Gasteiger partial charge in [0, 0.05) is 24.0 Å². The number of anilines is 1. The first-order valence-electron chi connectivity index (χ1n) is 8.35. The number of carbonyl (C=O) groups excluding carboxylic acids is 1. The largest absolute Gasteiger partial charge is 0.457 e. The Morgan fingerprint density at radius 2 is 2.15 bits per heavy atom. The van der Waals surface area contributed by atoms with Crippen LogP contribution in [0, 0.1) is 11.3 Å². The van der Waals surface area contributed by atoms with Crippen molar-refractivity contribution in [1.82, 2.24) is 4.98 Å². The lowest BCUT2D eigenvalue weighted by Crippen LogP contribution is -2.37. The third-order valence-electron chi connectivity index (χ3n) is 4.02. The van der Waals surface area contributed by atoms with Crippen molar-refractivity contribution in [3.8, 4) is 6.07 Å². The number of para-hydroxylation sites is 1. The average molecular weight is 349 g/mol. The van der Waals surface area contributed by atoms with E-state index in [0.29, 0.717) is 31.9 Å². The van der Waals surface area contributed by atoms with Gasteiger partial charge in [-0.15, -0.1) is 0 Å². The summed E-state index contributed by atoms with van der Waals surface area (Å²) >= 11 is 0. The number of fused-ring (bicyclic) bond motifs is 1. The van der Waals surface area contributed by atoms with Gasteiger partial charge in [0.25, 0.3) is 0 Å². The molecule has 0 spiro atoms. The topological polar surface area (TPSA) is 75.5 Å². The maximum atomic E-state index is 12.1. The standard InChI is InChI=1S/C20H19N3O3/c1-2-9-26-20(24)17(14-21)13-16-12-15-5-3-4-6-18(15)22-19(16)23-7-10-25-11-8-23/h2-6,12-13H,1,7-11H2/b17-13+. The van der Waals surface area contributed by atoms with Crippen molar-refractivity contribution in [1.29, 1.82) is 5.26 Å². The maximum Gasteiger partial charge on any atom is 0.349 e. The van der Waals surface area contributed by atoms with Gasteiger partial charge in [-0.3, -0.25) is 0 Å². The summed E-state index contributed by atoms with van der Waals surface area (Å²) in [5.41, 5.74) is 1.50. The van der Waals surface area contributed by atoms with Gasteiger partial charge in [-0.25, -0.2) is 9.78 Å². The monoisotopic (exact) mass is 349 g/mol. The number of esters is 1. The number of nitrogens with zero attached hydrogens (tertiary/aromatic N) is 3. The van der Waals surface area contributed by atoms with Crippen LogP contribution < -0.4 is 4.90 Å². The van der Waals surface area contributed by atoms with Crippen molar-refractivity contribution in [3.63, 3.8) is 0 Å². The van der Waals surface area contributed by atoms with E-state index in [-0.39, 0.29) is 12.2 Å². The molecule has 0 atom stereocenters. The van der Waals surface area contributed by atoms with E-state index in [4.69, 9.17) is 14.5 Å². The first kappa shape index (κ1) is 17.6. The molecule has 2 heterocycles. The zero-order valence-corrected chi connectivity index (χ0v) is 14.4. The molecule has 26 heavy (non-hydrogen) atoms. The van der Waals surface area contributed by atoms with E-state index in [1.54, 1.807) is 0 Å². The minimum absolute atomic E-state index is 0.0597. The van der Waals surface area contributed by atoms with Gasteiger partial charge in [-0.2, -0.15) is 5.26 Å². The summed E-state index contributed by atoms with van der Waals surface area (Å²) in [6, 6.07) is 11.6. The van der Waals surface area contributed by atoms with E-state index in [1.165, 1.54) is 12.2 Å². The third kappa shape index (κ3) is 3.90. The summed E-state index contributed by atoms with van der Waals surface area (Å²) < 4.78 is 10.4. The van der Waals surface area contributed by atoms with Gasteiger partial charge in [-0.05, 0) is 18.2 Å². The molecule has 0 amide bonds. The fourth-order valence-corrected chi connectivity index (χ4v) is 2.76. The number of nitriles is 1. The van der Waals surface area contributed by atoms with E-state index >= 15 is 0 Å². The molecule has 1 aliphatic rings. The summed E-state index contributed by atoms with van der Waals surface area (Å²) in [5, 5.41) is 10.3. The number of hydrogen-bond donors (Lipinski definition) is 0. The predicted octanol–water partition coefficient (Wildman–Crippen LogP) is 2.71. The van der Waals surface area contributed by atoms with Crippen LogP contribution in [-0.2, 0) is 14.3 Å². The van der Waals surface area contributed by atoms with Crippen LogP contribution in [0.4, 0.5) is 5.82 Å². The lowest BCUT2D eigenvalue weighted by atomic mass is 10.1. The molecule has 1 aromatic carbocycles. The van der Waals surface area contributed by atoms with Gasteiger partial charge in [-0.1, -0.05) is 30.9 Å². The molecule has 2 aromatic rings. The van der Waals surface area contributed by atoms with Gasteiger partial charge >= 0.3 is 5.97 Å². The highest BCUT2D eigenvalue weighted by Crippen LogP contribution is 2.26. The molecule has 1 aromatic heterocycles. The van der Waals surface area contributed by atoms with Crippen LogP contribution in [0.25, 0.3) is 17.0 Å². The highest BCUT2D eigenvalue weighted by atomic mass is 16.5. The van der Waals surface area contributed by atoms with Crippen LogP contribution in [0.3, 0.4) is 0 Å². The minimum atomic E-state index is -0.673. The molecule has 6 nitrogen and oxygen atoms in total. The van der Waals surface area contributed by atoms with E-state index in [9.17, 15) is 10.1 Å². The van der Waals surface area contributed by atoms with Crippen molar-refractivity contribution in [2.24, 2.45) is 0 Å². The van der Waals surface area contributed by atoms with Gasteiger partial charge in [0.05, 0.1) is 18.7 Å². The summed E-state index contributed by atoms with van der Waals surface area (Å²) in [6.07, 6.45) is 3.00. The van der Waals surface area contributed by atoms with Crippen LogP contribution in [-0.4, -0.2) is 43.9 Å². The molecule has 1 saturated heterocycles. The normalized spacial score (nSPS) is 14.7. The Kier molecular flexibility index (Phi) is 5.62. The number of carbonyl (C=O) groups is 1. The molecule has 0 bridgehead atoms. The number of rotatable bonds is 5. The quantitative estimate of drug-likeness (QED) is 0.358. The van der Waals surface area contributed by atoms with Crippen LogP contribution in [0.2, 0.25) is 0 Å². The van der Waals surface area contributed by atoms with Gasteiger partial charge < -0.3 is 14.4 Å². The molecule has 0 radical (unpaired) electrons. The SMILES string of the molecule is C=CCOC(=O)/C(C#N)=C/c1cc2ccccc2nc1N1CCOCC1. The fourth-order valence-electron chi connectivity index (χ4n) is 2.76. The summed E-state index contributed by atoms with van der Waals surface area (Å²) in [7, 11) is 0. The van der Waals surface area contributed by atoms with Crippen LogP contribution in [0.1, 0.15) is 5.56 Å².